The number of hydrogen-bond donors (Lipinski definition) is 1. The fourth-order valence-electron chi connectivity index (χ4n) is 3.43. The summed E-state index contributed by atoms with van der Waals surface area (Å²) < 4.78 is 0. The van der Waals surface area contributed by atoms with Crippen molar-refractivity contribution in [1.29, 1.82) is 0 Å². The minimum absolute atomic E-state index is 0.722. The molecule has 1 atom stereocenters. The fraction of sp³-hybridized carbons (Fsp3) is 0.381. The number of guanidine groups is 1. The van der Waals surface area contributed by atoms with Crippen molar-refractivity contribution in [2.24, 2.45) is 10.9 Å². The van der Waals surface area contributed by atoms with Crippen LogP contribution in [0.1, 0.15) is 17.5 Å². The first-order chi connectivity index (χ1) is 11.8. The zero-order valence-corrected chi connectivity index (χ0v) is 14.5. The Morgan fingerprint density at radius 3 is 2.38 bits per heavy atom. The van der Waals surface area contributed by atoms with Gasteiger partial charge in [-0.2, -0.15) is 0 Å². The average Bonchev–Trinajstić information content (AvgIpc) is 3.09. The van der Waals surface area contributed by atoms with E-state index in [9.17, 15) is 0 Å². The first kappa shape index (κ1) is 16.6. The molecule has 3 rings (SSSR count). The largest absolute Gasteiger partial charge is 0.356 e. The number of hydrogen-bond acceptors (Lipinski definition) is 1. The standard InChI is InChI=1S/C21H27N3/c1-22-21(23-14-12-18-8-4-2-5-9-18)24-15-13-20(17-24)16-19-10-6-3-7-11-19/h2-11,20H,12-17H2,1H3,(H,22,23). The molecule has 0 amide bonds. The molecule has 3 nitrogen and oxygen atoms in total. The smallest absolute Gasteiger partial charge is 0.193 e. The van der Waals surface area contributed by atoms with E-state index in [4.69, 9.17) is 0 Å². The van der Waals surface area contributed by atoms with E-state index in [1.54, 1.807) is 0 Å². The van der Waals surface area contributed by atoms with Crippen molar-refractivity contribution in [2.75, 3.05) is 26.7 Å². The predicted octanol–water partition coefficient (Wildman–Crippen LogP) is 3.37. The first-order valence-electron chi connectivity index (χ1n) is 8.88. The van der Waals surface area contributed by atoms with Gasteiger partial charge in [-0.25, -0.2) is 0 Å². The summed E-state index contributed by atoms with van der Waals surface area (Å²) in [4.78, 5) is 6.88. The summed E-state index contributed by atoms with van der Waals surface area (Å²) in [6.07, 6.45) is 3.44. The molecule has 2 aromatic carbocycles. The van der Waals surface area contributed by atoms with Crippen molar-refractivity contribution in [3.05, 3.63) is 71.8 Å². The Kier molecular flexibility index (Phi) is 5.89. The Labute approximate surface area is 145 Å². The Morgan fingerprint density at radius 1 is 1.04 bits per heavy atom. The Balaban J connectivity index is 1.46. The van der Waals surface area contributed by atoms with Gasteiger partial charge in [0.15, 0.2) is 5.96 Å². The van der Waals surface area contributed by atoms with Gasteiger partial charge in [0.05, 0.1) is 0 Å². The Hall–Kier alpha value is -2.29. The summed E-state index contributed by atoms with van der Waals surface area (Å²) in [6, 6.07) is 21.4. The third-order valence-corrected chi connectivity index (χ3v) is 4.70. The summed E-state index contributed by atoms with van der Waals surface area (Å²) >= 11 is 0. The highest BCUT2D eigenvalue weighted by Crippen LogP contribution is 2.20. The van der Waals surface area contributed by atoms with Crippen LogP contribution >= 0.6 is 0 Å². The SMILES string of the molecule is CN=C(NCCc1ccccc1)N1CCC(Cc2ccccc2)C1. The molecule has 1 aliphatic heterocycles. The molecule has 1 heterocycles. The molecule has 2 aromatic rings. The van der Waals surface area contributed by atoms with E-state index in [2.05, 4.69) is 75.9 Å². The molecule has 0 radical (unpaired) electrons. The van der Waals surface area contributed by atoms with E-state index in [1.165, 1.54) is 24.0 Å². The van der Waals surface area contributed by atoms with Gasteiger partial charge in [-0.05, 0) is 36.3 Å². The van der Waals surface area contributed by atoms with Crippen molar-refractivity contribution in [1.82, 2.24) is 10.2 Å². The summed E-state index contributed by atoms with van der Waals surface area (Å²) in [6.45, 7) is 3.12. The van der Waals surface area contributed by atoms with Gasteiger partial charge in [-0.15, -0.1) is 0 Å². The number of nitrogens with one attached hydrogen (secondary N) is 1. The highest BCUT2D eigenvalue weighted by molar-refractivity contribution is 5.80. The highest BCUT2D eigenvalue weighted by Gasteiger charge is 2.24. The minimum Gasteiger partial charge on any atom is -0.356 e. The van der Waals surface area contributed by atoms with Crippen LogP contribution in [0.2, 0.25) is 0 Å². The summed E-state index contributed by atoms with van der Waals surface area (Å²) in [5, 5.41) is 3.52. The zero-order chi connectivity index (χ0) is 16.6. The van der Waals surface area contributed by atoms with Gasteiger partial charge in [-0.3, -0.25) is 4.99 Å². The van der Waals surface area contributed by atoms with E-state index in [-0.39, 0.29) is 0 Å². The van der Waals surface area contributed by atoms with E-state index in [0.29, 0.717) is 0 Å². The molecule has 24 heavy (non-hydrogen) atoms. The van der Waals surface area contributed by atoms with Crippen LogP contribution in [0.25, 0.3) is 0 Å². The molecule has 0 spiro atoms. The van der Waals surface area contributed by atoms with Crippen LogP contribution in [0.3, 0.4) is 0 Å². The second-order valence-electron chi connectivity index (χ2n) is 6.50. The molecule has 0 bridgehead atoms. The van der Waals surface area contributed by atoms with E-state index < -0.39 is 0 Å². The second-order valence-corrected chi connectivity index (χ2v) is 6.50. The van der Waals surface area contributed by atoms with E-state index in [0.717, 1.165) is 37.9 Å². The number of rotatable bonds is 5. The van der Waals surface area contributed by atoms with Crippen LogP contribution in [0.4, 0.5) is 0 Å². The Bertz CT molecular complexity index is 637. The maximum Gasteiger partial charge on any atom is 0.193 e. The average molecular weight is 321 g/mol. The van der Waals surface area contributed by atoms with Gasteiger partial charge in [0.2, 0.25) is 0 Å². The van der Waals surface area contributed by atoms with E-state index >= 15 is 0 Å². The molecule has 0 aliphatic carbocycles. The van der Waals surface area contributed by atoms with Gasteiger partial charge in [0.1, 0.15) is 0 Å². The molecule has 126 valence electrons. The molecular formula is C21H27N3. The lowest BCUT2D eigenvalue weighted by atomic mass is 9.99. The number of likely N-dealkylation sites (tertiary alicyclic amines) is 1. The molecular weight excluding hydrogens is 294 g/mol. The molecule has 3 heteroatoms. The van der Waals surface area contributed by atoms with Crippen LogP contribution in [0.5, 0.6) is 0 Å². The number of nitrogens with zero attached hydrogens (tertiary/aromatic N) is 2. The highest BCUT2D eigenvalue weighted by atomic mass is 15.3. The van der Waals surface area contributed by atoms with Crippen molar-refractivity contribution >= 4 is 5.96 Å². The molecule has 1 unspecified atom stereocenters. The maximum absolute atomic E-state index is 4.47. The number of benzene rings is 2. The third kappa shape index (κ3) is 4.60. The molecule has 1 aliphatic rings. The van der Waals surface area contributed by atoms with Crippen LogP contribution in [0, 0.1) is 5.92 Å². The monoisotopic (exact) mass is 321 g/mol. The van der Waals surface area contributed by atoms with Crippen molar-refractivity contribution < 1.29 is 0 Å². The summed E-state index contributed by atoms with van der Waals surface area (Å²) in [5.74, 6) is 1.77. The minimum atomic E-state index is 0.722. The predicted molar refractivity (Wildman–Crippen MR) is 101 cm³/mol. The van der Waals surface area contributed by atoms with Gasteiger partial charge in [0, 0.05) is 26.7 Å². The Morgan fingerprint density at radius 2 is 1.71 bits per heavy atom. The third-order valence-electron chi connectivity index (χ3n) is 4.70. The van der Waals surface area contributed by atoms with E-state index in [1.807, 2.05) is 7.05 Å². The van der Waals surface area contributed by atoms with Gasteiger partial charge < -0.3 is 10.2 Å². The van der Waals surface area contributed by atoms with Crippen molar-refractivity contribution in [3.63, 3.8) is 0 Å². The molecule has 1 fully saturated rings. The topological polar surface area (TPSA) is 27.6 Å². The van der Waals surface area contributed by atoms with Gasteiger partial charge >= 0.3 is 0 Å². The number of aliphatic imine (C=N–C) groups is 1. The zero-order valence-electron chi connectivity index (χ0n) is 14.5. The quantitative estimate of drug-likeness (QED) is 0.675. The maximum atomic E-state index is 4.47. The lowest BCUT2D eigenvalue weighted by Crippen LogP contribution is -2.41. The van der Waals surface area contributed by atoms with Crippen LogP contribution < -0.4 is 5.32 Å². The molecule has 0 aromatic heterocycles. The lowest BCUT2D eigenvalue weighted by molar-refractivity contribution is 0.460. The second kappa shape index (κ2) is 8.53. The van der Waals surface area contributed by atoms with Crippen LogP contribution in [-0.2, 0) is 12.8 Å². The van der Waals surface area contributed by atoms with Crippen molar-refractivity contribution in [3.8, 4) is 0 Å². The van der Waals surface area contributed by atoms with Crippen LogP contribution in [-0.4, -0.2) is 37.5 Å². The summed E-state index contributed by atoms with van der Waals surface area (Å²) in [5.41, 5.74) is 2.81. The lowest BCUT2D eigenvalue weighted by Gasteiger charge is -2.21. The molecule has 1 N–H and O–H groups in total. The molecule has 0 saturated carbocycles. The van der Waals surface area contributed by atoms with Crippen molar-refractivity contribution in [2.45, 2.75) is 19.3 Å². The van der Waals surface area contributed by atoms with Gasteiger partial charge in [0.25, 0.3) is 0 Å². The first-order valence-corrected chi connectivity index (χ1v) is 8.88. The molecule has 1 saturated heterocycles. The van der Waals surface area contributed by atoms with Crippen LogP contribution in [0.15, 0.2) is 65.7 Å². The van der Waals surface area contributed by atoms with Gasteiger partial charge in [-0.1, -0.05) is 60.7 Å². The normalized spacial score (nSPS) is 18.0. The summed E-state index contributed by atoms with van der Waals surface area (Å²) in [7, 11) is 1.88. The fourth-order valence-corrected chi connectivity index (χ4v) is 3.43.